The zero-order valence-electron chi connectivity index (χ0n) is 17.2. The van der Waals surface area contributed by atoms with Crippen molar-refractivity contribution in [2.75, 3.05) is 11.4 Å². The van der Waals surface area contributed by atoms with E-state index in [-0.39, 0.29) is 16.9 Å². The van der Waals surface area contributed by atoms with Crippen LogP contribution in [0.15, 0.2) is 36.7 Å². The molecule has 6 nitrogen and oxygen atoms in total. The highest BCUT2D eigenvalue weighted by Gasteiger charge is 2.64. The first-order valence-corrected chi connectivity index (χ1v) is 11.1. The molecule has 0 amide bonds. The molecule has 31 heavy (non-hydrogen) atoms. The number of thioether (sulfide) groups is 1. The van der Waals surface area contributed by atoms with Crippen LogP contribution in [0.4, 0.5) is 14.6 Å². The number of nitrogens with zero attached hydrogens (tertiary/aromatic N) is 4. The Bertz CT molecular complexity index is 1220. The monoisotopic (exact) mass is 440 g/mol. The highest BCUT2D eigenvalue weighted by Crippen LogP contribution is 2.63. The first-order chi connectivity index (χ1) is 14.8. The summed E-state index contributed by atoms with van der Waals surface area (Å²) in [6.07, 6.45) is 5.02. The minimum absolute atomic E-state index is 0.0353. The second kappa shape index (κ2) is 7.12. The fraction of sp³-hybridized carbons (Fsp3) is 0.364. The first-order valence-electron chi connectivity index (χ1n) is 10.2. The van der Waals surface area contributed by atoms with Crippen LogP contribution in [-0.4, -0.2) is 31.2 Å². The molecule has 0 bridgehead atoms. The average molecular weight is 441 g/mol. The van der Waals surface area contributed by atoms with Gasteiger partial charge in [-0.1, -0.05) is 25.6 Å². The molecule has 0 radical (unpaired) electrons. The fourth-order valence-electron chi connectivity index (χ4n) is 4.55. The molecule has 2 aromatic heterocycles. The number of benzene rings is 1. The molecule has 3 aromatic rings. The number of fused-ring (bicyclic) bond motifs is 2. The van der Waals surface area contributed by atoms with Crippen LogP contribution in [-0.2, 0) is 5.54 Å². The molecule has 2 aliphatic rings. The summed E-state index contributed by atoms with van der Waals surface area (Å²) in [6.45, 7) is 4.54. The average Bonchev–Trinajstić information content (AvgIpc) is 3.12. The second-order valence-corrected chi connectivity index (χ2v) is 9.50. The van der Waals surface area contributed by atoms with Gasteiger partial charge in [0.05, 0.1) is 22.3 Å². The molecule has 1 aliphatic carbocycles. The Kier molecular flexibility index (Phi) is 4.62. The zero-order valence-corrected chi connectivity index (χ0v) is 18.0. The van der Waals surface area contributed by atoms with Gasteiger partial charge in [-0.3, -0.25) is 10.8 Å². The molecule has 2 atom stereocenters. The lowest BCUT2D eigenvalue weighted by Crippen LogP contribution is -2.34. The second-order valence-electron chi connectivity index (χ2n) is 8.45. The van der Waals surface area contributed by atoms with Gasteiger partial charge in [0, 0.05) is 24.2 Å². The fourth-order valence-corrected chi connectivity index (χ4v) is 5.26. The van der Waals surface area contributed by atoms with Gasteiger partial charge >= 0.3 is 0 Å². The van der Waals surface area contributed by atoms with Crippen LogP contribution in [0.1, 0.15) is 37.8 Å². The summed E-state index contributed by atoms with van der Waals surface area (Å²) < 4.78 is 30.2. The summed E-state index contributed by atoms with van der Waals surface area (Å²) in [5.41, 5.74) is 0.888. The number of rotatable bonds is 4. The minimum atomic E-state index is -0.570. The summed E-state index contributed by atoms with van der Waals surface area (Å²) in [4.78, 5) is 6.84. The Morgan fingerprint density at radius 3 is 2.81 bits per heavy atom. The molecule has 3 heterocycles. The Labute approximate surface area is 182 Å². The predicted molar refractivity (Wildman–Crippen MR) is 118 cm³/mol. The van der Waals surface area contributed by atoms with Crippen LogP contribution in [0, 0.1) is 34.3 Å². The summed E-state index contributed by atoms with van der Waals surface area (Å²) >= 11 is 1.10. The molecule has 2 N–H and O–H groups in total. The normalized spacial score (nSPS) is 22.2. The molecule has 160 valence electrons. The van der Waals surface area contributed by atoms with Crippen LogP contribution in [0.2, 0.25) is 0 Å². The van der Waals surface area contributed by atoms with E-state index < -0.39 is 17.2 Å². The maximum atomic E-state index is 14.7. The van der Waals surface area contributed by atoms with Gasteiger partial charge in [0.1, 0.15) is 22.5 Å². The lowest BCUT2D eigenvalue weighted by molar-refractivity contribution is 0.544. The smallest absolute Gasteiger partial charge is 0.167 e. The molecule has 1 saturated carbocycles. The number of halogens is 2. The molecular weight excluding hydrogens is 418 g/mol. The summed E-state index contributed by atoms with van der Waals surface area (Å²) in [6, 6.07) is 5.48. The summed E-state index contributed by atoms with van der Waals surface area (Å²) in [7, 11) is 0. The van der Waals surface area contributed by atoms with Crippen LogP contribution < -0.4 is 4.90 Å². The number of anilines is 1. The highest BCUT2D eigenvalue weighted by molar-refractivity contribution is 8.26. The number of hydrogen-bond donors (Lipinski definition) is 2. The third kappa shape index (κ3) is 3.13. The lowest BCUT2D eigenvalue weighted by Gasteiger charge is -2.30. The summed E-state index contributed by atoms with van der Waals surface area (Å²) in [5, 5.41) is 21.4. The largest absolute Gasteiger partial charge is 0.346 e. The van der Waals surface area contributed by atoms with Crippen molar-refractivity contribution in [2.24, 2.45) is 11.8 Å². The quantitative estimate of drug-likeness (QED) is 0.450. The molecule has 1 aliphatic heterocycles. The van der Waals surface area contributed by atoms with Gasteiger partial charge in [0.2, 0.25) is 0 Å². The van der Waals surface area contributed by atoms with Gasteiger partial charge in [-0.25, -0.2) is 18.3 Å². The topological polar surface area (TPSA) is 81.1 Å². The molecule has 0 unspecified atom stereocenters. The van der Waals surface area contributed by atoms with Gasteiger partial charge in [0.25, 0.3) is 0 Å². The van der Waals surface area contributed by atoms with Gasteiger partial charge in [-0.2, -0.15) is 5.10 Å². The third-order valence-corrected chi connectivity index (χ3v) is 7.38. The summed E-state index contributed by atoms with van der Waals surface area (Å²) in [5.74, 6) is 0.129. The van der Waals surface area contributed by atoms with Crippen LogP contribution in [0.25, 0.3) is 5.65 Å². The molecule has 1 aromatic carbocycles. The van der Waals surface area contributed by atoms with E-state index in [0.717, 1.165) is 30.7 Å². The van der Waals surface area contributed by atoms with Crippen LogP contribution >= 0.6 is 11.8 Å². The molecule has 0 spiro atoms. The van der Waals surface area contributed by atoms with E-state index in [2.05, 4.69) is 10.00 Å². The van der Waals surface area contributed by atoms with Crippen molar-refractivity contribution < 1.29 is 8.78 Å². The number of nitrogens with one attached hydrogen (secondary N) is 2. The van der Waals surface area contributed by atoms with Gasteiger partial charge < -0.3 is 4.90 Å². The molecule has 5 rings (SSSR count). The van der Waals surface area contributed by atoms with Crippen molar-refractivity contribution in [1.29, 1.82) is 10.8 Å². The van der Waals surface area contributed by atoms with Crippen molar-refractivity contribution in [2.45, 2.75) is 32.2 Å². The van der Waals surface area contributed by atoms with Gasteiger partial charge in [0.15, 0.2) is 5.65 Å². The van der Waals surface area contributed by atoms with Crippen molar-refractivity contribution in [3.8, 4) is 0 Å². The zero-order chi connectivity index (χ0) is 21.9. The number of aromatic nitrogens is 3. The van der Waals surface area contributed by atoms with Crippen LogP contribution in [0.5, 0.6) is 0 Å². The van der Waals surface area contributed by atoms with Crippen molar-refractivity contribution >= 4 is 33.3 Å². The van der Waals surface area contributed by atoms with Gasteiger partial charge in [-0.05, 0) is 43.0 Å². The standard InChI is InChI=1S/C22H22F2N6S/c1-12(2)19(25)31-20(26)15-11-27-30-8-6-18(28-21(15)30)29-7-5-13-10-22(13,29)16-9-14(23)3-4-17(16)24/h3-4,6,8-9,11-13,25-26H,5,7,10H2,1-2H3/t13-,22+/m0/s1. The Hall–Kier alpha value is -2.81. The number of hydrogen-bond acceptors (Lipinski definition) is 6. The molecule has 1 saturated heterocycles. The minimum Gasteiger partial charge on any atom is -0.346 e. The number of piperidine rings is 1. The molecule has 9 heteroatoms. The lowest BCUT2D eigenvalue weighted by atomic mass is 10.0. The molecule has 2 fully saturated rings. The Morgan fingerprint density at radius 2 is 2.06 bits per heavy atom. The Morgan fingerprint density at radius 1 is 1.26 bits per heavy atom. The first kappa shape index (κ1) is 20.1. The van der Waals surface area contributed by atoms with Crippen LogP contribution in [0.3, 0.4) is 0 Å². The van der Waals surface area contributed by atoms with Crippen molar-refractivity contribution in [3.63, 3.8) is 0 Å². The van der Waals surface area contributed by atoms with E-state index in [1.807, 2.05) is 19.9 Å². The predicted octanol–water partition coefficient (Wildman–Crippen LogP) is 4.82. The van der Waals surface area contributed by atoms with Gasteiger partial charge in [-0.15, -0.1) is 0 Å². The maximum Gasteiger partial charge on any atom is 0.167 e. The van der Waals surface area contributed by atoms with E-state index in [9.17, 15) is 8.78 Å². The van der Waals surface area contributed by atoms with E-state index in [0.29, 0.717) is 34.2 Å². The van der Waals surface area contributed by atoms with E-state index in [1.165, 1.54) is 12.1 Å². The SMILES string of the molecule is CC(C)C(=N)SC(=N)c1cnn2ccc(N3CC[C@H]4C[C@]43c3cc(F)ccc3F)nc12. The Balaban J connectivity index is 1.53. The highest BCUT2D eigenvalue weighted by atomic mass is 32.2. The molecular formula is C22H22F2N6S. The van der Waals surface area contributed by atoms with E-state index >= 15 is 0 Å². The maximum absolute atomic E-state index is 14.7. The van der Waals surface area contributed by atoms with E-state index in [1.54, 1.807) is 16.9 Å². The van der Waals surface area contributed by atoms with Crippen molar-refractivity contribution in [3.05, 3.63) is 59.4 Å². The van der Waals surface area contributed by atoms with E-state index in [4.69, 9.17) is 15.8 Å². The van der Waals surface area contributed by atoms with Crippen molar-refractivity contribution in [1.82, 2.24) is 14.6 Å². The third-order valence-electron chi connectivity index (χ3n) is 6.26.